The first kappa shape index (κ1) is 13.5. The van der Waals surface area contributed by atoms with Crippen LogP contribution in [0.4, 0.5) is 4.79 Å². The first-order valence-corrected chi connectivity index (χ1v) is 6.86. The summed E-state index contributed by atoms with van der Waals surface area (Å²) < 4.78 is 5.28. The molecule has 1 aliphatic heterocycles. The van der Waals surface area contributed by atoms with Crippen molar-refractivity contribution >= 4 is 11.9 Å². The Morgan fingerprint density at radius 2 is 2.33 bits per heavy atom. The molecule has 1 atom stereocenters. The van der Waals surface area contributed by atoms with Crippen molar-refractivity contribution in [2.75, 3.05) is 13.7 Å². The van der Waals surface area contributed by atoms with Crippen LogP contribution in [0.2, 0.25) is 0 Å². The number of ether oxygens (including phenoxy) is 1. The predicted molar refractivity (Wildman–Crippen MR) is 80.3 cm³/mol. The van der Waals surface area contributed by atoms with E-state index >= 15 is 0 Å². The molecule has 21 heavy (non-hydrogen) atoms. The minimum Gasteiger partial charge on any atom is -0.497 e. The van der Waals surface area contributed by atoms with Crippen molar-refractivity contribution in [2.45, 2.75) is 24.8 Å². The van der Waals surface area contributed by atoms with E-state index in [2.05, 4.69) is 17.0 Å². The summed E-state index contributed by atoms with van der Waals surface area (Å²) in [5.41, 5.74) is 7.88. The van der Waals surface area contributed by atoms with Gasteiger partial charge >= 0.3 is 6.03 Å². The molecule has 2 N–H and O–H groups in total. The molecular weight excluding hydrogens is 266 g/mol. The quantitative estimate of drug-likeness (QED) is 0.833. The van der Waals surface area contributed by atoms with Crippen LogP contribution in [0.3, 0.4) is 0 Å². The molecular formula is C16H17N3O2. The van der Waals surface area contributed by atoms with Gasteiger partial charge in [-0.15, -0.1) is 6.42 Å². The van der Waals surface area contributed by atoms with Crippen LogP contribution >= 0.6 is 0 Å². The molecule has 1 aromatic rings. The van der Waals surface area contributed by atoms with E-state index in [-0.39, 0.29) is 12.6 Å². The van der Waals surface area contributed by atoms with E-state index in [9.17, 15) is 4.79 Å². The van der Waals surface area contributed by atoms with Crippen molar-refractivity contribution in [1.29, 1.82) is 0 Å². The van der Waals surface area contributed by atoms with Gasteiger partial charge in [0.25, 0.3) is 0 Å². The number of fused-ring (bicyclic) bond motifs is 1. The van der Waals surface area contributed by atoms with E-state index in [0.717, 1.165) is 24.2 Å². The molecule has 5 nitrogen and oxygen atoms in total. The first-order chi connectivity index (χ1) is 10.1. The molecule has 1 aromatic carbocycles. The Balaban J connectivity index is 2.02. The molecule has 0 fully saturated rings. The summed E-state index contributed by atoms with van der Waals surface area (Å²) >= 11 is 0. The van der Waals surface area contributed by atoms with Gasteiger partial charge in [-0.3, -0.25) is 4.90 Å². The number of methoxy groups -OCH3 is 1. The molecule has 1 aliphatic carbocycles. The SMILES string of the molecule is C#CCN1C(=O)N=C(N)C12CCc1ccc(OC)cc1C2. The lowest BCUT2D eigenvalue weighted by Gasteiger charge is -2.40. The number of aryl methyl sites for hydroxylation is 1. The lowest BCUT2D eigenvalue weighted by atomic mass is 9.76. The van der Waals surface area contributed by atoms with E-state index < -0.39 is 5.54 Å². The van der Waals surface area contributed by atoms with Gasteiger partial charge in [0.1, 0.15) is 17.1 Å². The van der Waals surface area contributed by atoms with Crippen molar-refractivity contribution in [3.63, 3.8) is 0 Å². The van der Waals surface area contributed by atoms with Crippen molar-refractivity contribution in [3.8, 4) is 18.1 Å². The number of nitrogens with two attached hydrogens (primary N) is 1. The zero-order chi connectivity index (χ0) is 15.0. The van der Waals surface area contributed by atoms with Gasteiger partial charge in [-0.1, -0.05) is 12.0 Å². The third-order valence-corrected chi connectivity index (χ3v) is 4.39. The van der Waals surface area contributed by atoms with Gasteiger partial charge in [0.2, 0.25) is 0 Å². The van der Waals surface area contributed by atoms with Crippen molar-refractivity contribution < 1.29 is 9.53 Å². The maximum absolute atomic E-state index is 12.0. The number of amides is 2. The van der Waals surface area contributed by atoms with Gasteiger partial charge in [-0.05, 0) is 36.1 Å². The largest absolute Gasteiger partial charge is 0.497 e. The molecule has 2 aliphatic rings. The first-order valence-electron chi connectivity index (χ1n) is 6.86. The summed E-state index contributed by atoms with van der Waals surface area (Å²) in [7, 11) is 1.64. The average Bonchev–Trinajstić information content (AvgIpc) is 2.71. The molecule has 108 valence electrons. The van der Waals surface area contributed by atoms with E-state index in [1.807, 2.05) is 12.1 Å². The number of amidine groups is 1. The second-order valence-corrected chi connectivity index (χ2v) is 5.41. The number of carbonyl (C=O) groups excluding carboxylic acids is 1. The number of urea groups is 1. The standard InChI is InChI=1S/C16H17N3O2/c1-3-8-19-15(20)18-14(17)16(19)7-6-11-4-5-13(21-2)9-12(11)10-16/h1,4-5,9H,6-8,10H2,2H3,(H2,17,18,20). The van der Waals surface area contributed by atoms with Gasteiger partial charge in [-0.2, -0.15) is 4.99 Å². The van der Waals surface area contributed by atoms with Crippen molar-refractivity contribution in [2.24, 2.45) is 10.7 Å². The third-order valence-electron chi connectivity index (χ3n) is 4.39. The second kappa shape index (κ2) is 4.81. The molecule has 5 heteroatoms. The molecule has 0 radical (unpaired) electrons. The van der Waals surface area contributed by atoms with Gasteiger partial charge in [-0.25, -0.2) is 4.79 Å². The highest BCUT2D eigenvalue weighted by Crippen LogP contribution is 2.38. The normalized spacial score (nSPS) is 23.7. The summed E-state index contributed by atoms with van der Waals surface area (Å²) in [4.78, 5) is 17.6. The van der Waals surface area contributed by atoms with Crippen molar-refractivity contribution in [1.82, 2.24) is 4.90 Å². The van der Waals surface area contributed by atoms with Gasteiger partial charge in [0.15, 0.2) is 0 Å². The maximum atomic E-state index is 12.0. The van der Waals surface area contributed by atoms with Crippen LogP contribution in [-0.2, 0) is 12.8 Å². The molecule has 2 amide bonds. The summed E-state index contributed by atoms with van der Waals surface area (Å²) in [6.07, 6.45) is 7.60. The molecule has 0 aromatic heterocycles. The van der Waals surface area contributed by atoms with E-state index in [1.54, 1.807) is 12.0 Å². The number of hydrogen-bond donors (Lipinski definition) is 1. The van der Waals surface area contributed by atoms with Crippen molar-refractivity contribution in [3.05, 3.63) is 29.3 Å². The molecule has 1 heterocycles. The highest BCUT2D eigenvalue weighted by atomic mass is 16.5. The Morgan fingerprint density at radius 3 is 3.05 bits per heavy atom. The van der Waals surface area contributed by atoms with Crippen LogP contribution in [0, 0.1) is 12.3 Å². The smallest absolute Gasteiger partial charge is 0.346 e. The summed E-state index contributed by atoms with van der Waals surface area (Å²) in [5, 5.41) is 0. The summed E-state index contributed by atoms with van der Waals surface area (Å²) in [6.45, 7) is 0.225. The third kappa shape index (κ3) is 1.95. The Hall–Kier alpha value is -2.48. The Morgan fingerprint density at radius 1 is 1.52 bits per heavy atom. The molecule has 1 unspecified atom stereocenters. The Labute approximate surface area is 123 Å². The summed E-state index contributed by atoms with van der Waals surface area (Å²) in [6, 6.07) is 5.68. The highest BCUT2D eigenvalue weighted by Gasteiger charge is 2.49. The highest BCUT2D eigenvalue weighted by molar-refractivity contribution is 6.06. The van der Waals surface area contributed by atoms with Gasteiger partial charge < -0.3 is 10.5 Å². The topological polar surface area (TPSA) is 67.9 Å². The fourth-order valence-corrected chi connectivity index (χ4v) is 3.23. The number of rotatable bonds is 2. The van der Waals surface area contributed by atoms with Crippen LogP contribution < -0.4 is 10.5 Å². The number of nitrogens with zero attached hydrogens (tertiary/aromatic N) is 2. The molecule has 1 spiro atoms. The molecule has 3 rings (SSSR count). The molecule has 0 bridgehead atoms. The van der Waals surface area contributed by atoms with Gasteiger partial charge in [0.05, 0.1) is 13.7 Å². The molecule has 0 saturated carbocycles. The summed E-state index contributed by atoms with van der Waals surface area (Å²) in [5.74, 6) is 3.70. The zero-order valence-corrected chi connectivity index (χ0v) is 11.9. The second-order valence-electron chi connectivity index (χ2n) is 5.41. The number of hydrogen-bond acceptors (Lipinski definition) is 3. The van der Waals surface area contributed by atoms with Gasteiger partial charge in [0, 0.05) is 6.42 Å². The Kier molecular flexibility index (Phi) is 3.09. The Bertz CT molecular complexity index is 675. The predicted octanol–water partition coefficient (Wildman–Crippen LogP) is 1.35. The number of carbonyl (C=O) groups is 1. The monoisotopic (exact) mass is 283 g/mol. The van der Waals surface area contributed by atoms with Crippen LogP contribution in [-0.4, -0.2) is 36.0 Å². The van der Waals surface area contributed by atoms with E-state index in [0.29, 0.717) is 12.3 Å². The fourth-order valence-electron chi connectivity index (χ4n) is 3.23. The zero-order valence-electron chi connectivity index (χ0n) is 11.9. The van der Waals surface area contributed by atoms with Crippen LogP contribution in [0.5, 0.6) is 5.75 Å². The van der Waals surface area contributed by atoms with Crippen LogP contribution in [0.15, 0.2) is 23.2 Å². The fraction of sp³-hybridized carbons (Fsp3) is 0.375. The average molecular weight is 283 g/mol. The number of benzene rings is 1. The van der Waals surface area contributed by atoms with Crippen LogP contribution in [0.1, 0.15) is 17.5 Å². The minimum absolute atomic E-state index is 0.225. The number of terminal acetylenes is 1. The lowest BCUT2D eigenvalue weighted by Crippen LogP contribution is -2.57. The van der Waals surface area contributed by atoms with E-state index in [4.69, 9.17) is 16.9 Å². The van der Waals surface area contributed by atoms with E-state index in [1.165, 1.54) is 5.56 Å². The van der Waals surface area contributed by atoms with Crippen LogP contribution in [0.25, 0.3) is 0 Å². The number of aliphatic imine (C=N–C) groups is 1. The maximum Gasteiger partial charge on any atom is 0.346 e. The lowest BCUT2D eigenvalue weighted by molar-refractivity contribution is 0.172. The molecule has 0 saturated heterocycles. The minimum atomic E-state index is -0.581.